The fraction of sp³-hybridized carbons (Fsp3) is 1.00. The summed E-state index contributed by atoms with van der Waals surface area (Å²) >= 11 is 0. The summed E-state index contributed by atoms with van der Waals surface area (Å²) in [6, 6.07) is 0. The van der Waals surface area contributed by atoms with Crippen molar-refractivity contribution in [1.29, 1.82) is 0 Å². The number of hydrogen-bond acceptors (Lipinski definition) is 1. The molecule has 0 saturated carbocycles. The molecule has 0 fully saturated rings. The normalized spacial score (nSPS) is 18.6. The molecule has 1 heteroatoms. The molecule has 2 atom stereocenters. The van der Waals surface area contributed by atoms with Gasteiger partial charge < -0.3 is 5.11 Å². The van der Waals surface area contributed by atoms with Crippen molar-refractivity contribution in [3.8, 4) is 0 Å². The molecule has 0 aliphatic rings. The van der Waals surface area contributed by atoms with Gasteiger partial charge in [0.1, 0.15) is 0 Å². The van der Waals surface area contributed by atoms with E-state index in [1.165, 1.54) is 0 Å². The van der Waals surface area contributed by atoms with Crippen LogP contribution >= 0.6 is 0 Å². The summed E-state index contributed by atoms with van der Waals surface area (Å²) in [5, 5.41) is 10.3. The second-order valence-corrected chi connectivity index (χ2v) is 5.82. The highest BCUT2D eigenvalue weighted by Crippen LogP contribution is 2.29. The van der Waals surface area contributed by atoms with E-state index >= 15 is 0 Å². The first-order valence-electron chi connectivity index (χ1n) is 5.98. The van der Waals surface area contributed by atoms with Crippen LogP contribution in [0, 0.1) is 17.8 Å². The average molecular weight is 200 g/mol. The molecule has 86 valence electrons. The van der Waals surface area contributed by atoms with Gasteiger partial charge >= 0.3 is 0 Å². The third-order valence-corrected chi connectivity index (χ3v) is 3.11. The third kappa shape index (κ3) is 5.64. The Bertz CT molecular complexity index is 147. The van der Waals surface area contributed by atoms with Gasteiger partial charge in [0.15, 0.2) is 0 Å². The van der Waals surface area contributed by atoms with Crippen molar-refractivity contribution in [3.05, 3.63) is 0 Å². The van der Waals surface area contributed by atoms with Crippen LogP contribution < -0.4 is 0 Å². The largest absolute Gasteiger partial charge is 0.390 e. The van der Waals surface area contributed by atoms with Crippen LogP contribution in [0.1, 0.15) is 60.8 Å². The van der Waals surface area contributed by atoms with E-state index in [0.29, 0.717) is 17.8 Å². The Morgan fingerprint density at radius 2 is 1.50 bits per heavy atom. The Morgan fingerprint density at radius 3 is 1.86 bits per heavy atom. The molecule has 0 aromatic heterocycles. The van der Waals surface area contributed by atoms with E-state index in [4.69, 9.17) is 0 Å². The highest BCUT2D eigenvalue weighted by molar-refractivity contribution is 4.80. The van der Waals surface area contributed by atoms with Crippen molar-refractivity contribution in [3.63, 3.8) is 0 Å². The summed E-state index contributed by atoms with van der Waals surface area (Å²) in [7, 11) is 0. The molecule has 0 aliphatic heterocycles. The minimum absolute atomic E-state index is 0.404. The monoisotopic (exact) mass is 200 g/mol. The van der Waals surface area contributed by atoms with E-state index in [9.17, 15) is 5.11 Å². The van der Waals surface area contributed by atoms with Gasteiger partial charge in [-0.25, -0.2) is 0 Å². The third-order valence-electron chi connectivity index (χ3n) is 3.11. The summed E-state index contributed by atoms with van der Waals surface area (Å²) in [5.74, 6) is 1.77. The zero-order chi connectivity index (χ0) is 11.4. The van der Waals surface area contributed by atoms with Gasteiger partial charge in [-0.1, -0.05) is 34.6 Å². The summed E-state index contributed by atoms with van der Waals surface area (Å²) in [4.78, 5) is 0. The van der Waals surface area contributed by atoms with Crippen molar-refractivity contribution >= 4 is 0 Å². The zero-order valence-corrected chi connectivity index (χ0v) is 10.8. The van der Waals surface area contributed by atoms with Gasteiger partial charge in [-0.3, -0.25) is 0 Å². The van der Waals surface area contributed by atoms with Crippen molar-refractivity contribution in [2.75, 3.05) is 0 Å². The van der Waals surface area contributed by atoms with Crippen molar-refractivity contribution < 1.29 is 5.11 Å². The van der Waals surface area contributed by atoms with Gasteiger partial charge in [-0.05, 0) is 43.9 Å². The Kier molecular flexibility index (Phi) is 5.73. The van der Waals surface area contributed by atoms with Crippen LogP contribution in [0.15, 0.2) is 0 Å². The molecule has 0 radical (unpaired) electrons. The van der Waals surface area contributed by atoms with Crippen LogP contribution in [0.2, 0.25) is 0 Å². The van der Waals surface area contributed by atoms with Gasteiger partial charge in [-0.2, -0.15) is 0 Å². The first-order valence-corrected chi connectivity index (χ1v) is 5.98. The summed E-state index contributed by atoms with van der Waals surface area (Å²) in [6.45, 7) is 13.0. The van der Waals surface area contributed by atoms with Crippen LogP contribution in [0.3, 0.4) is 0 Å². The SMILES string of the molecule is CC(C)CCC(C)(O)C(C)CC(C)C. The fourth-order valence-electron chi connectivity index (χ4n) is 1.79. The Hall–Kier alpha value is -0.0400. The molecular formula is C13H28O. The maximum atomic E-state index is 10.3. The Labute approximate surface area is 89.9 Å². The van der Waals surface area contributed by atoms with E-state index < -0.39 is 5.60 Å². The van der Waals surface area contributed by atoms with Crippen LogP contribution in [-0.4, -0.2) is 10.7 Å². The summed E-state index contributed by atoms with van der Waals surface area (Å²) in [6.07, 6.45) is 3.17. The smallest absolute Gasteiger partial charge is 0.0645 e. The highest BCUT2D eigenvalue weighted by Gasteiger charge is 2.28. The second kappa shape index (κ2) is 5.75. The van der Waals surface area contributed by atoms with Crippen LogP contribution in [0.5, 0.6) is 0 Å². The van der Waals surface area contributed by atoms with Crippen molar-refractivity contribution in [2.45, 2.75) is 66.4 Å². The van der Waals surface area contributed by atoms with E-state index in [2.05, 4.69) is 34.6 Å². The molecule has 0 aromatic rings. The van der Waals surface area contributed by atoms with Crippen molar-refractivity contribution in [2.24, 2.45) is 17.8 Å². The molecule has 0 amide bonds. The van der Waals surface area contributed by atoms with E-state index in [1.54, 1.807) is 0 Å². The van der Waals surface area contributed by atoms with E-state index in [0.717, 1.165) is 19.3 Å². The second-order valence-electron chi connectivity index (χ2n) is 5.82. The minimum Gasteiger partial charge on any atom is -0.390 e. The van der Waals surface area contributed by atoms with Gasteiger partial charge in [0.25, 0.3) is 0 Å². The standard InChI is InChI=1S/C13H28O/c1-10(2)7-8-13(6,14)12(5)9-11(3)4/h10-12,14H,7-9H2,1-6H3. The van der Waals surface area contributed by atoms with Gasteiger partial charge in [0.05, 0.1) is 5.60 Å². The first-order chi connectivity index (χ1) is 6.25. The molecule has 0 aromatic carbocycles. The minimum atomic E-state index is -0.478. The van der Waals surface area contributed by atoms with Crippen LogP contribution in [0.25, 0.3) is 0 Å². The van der Waals surface area contributed by atoms with Gasteiger partial charge in [0.2, 0.25) is 0 Å². The average Bonchev–Trinajstić information content (AvgIpc) is 1.99. The maximum Gasteiger partial charge on any atom is 0.0645 e. The molecule has 0 rings (SSSR count). The topological polar surface area (TPSA) is 20.2 Å². The lowest BCUT2D eigenvalue weighted by Crippen LogP contribution is -2.33. The summed E-state index contributed by atoms with van der Waals surface area (Å²) < 4.78 is 0. The van der Waals surface area contributed by atoms with E-state index in [-0.39, 0.29) is 0 Å². The molecule has 1 nitrogen and oxygen atoms in total. The lowest BCUT2D eigenvalue weighted by molar-refractivity contribution is -0.0135. The van der Waals surface area contributed by atoms with Crippen LogP contribution in [-0.2, 0) is 0 Å². The molecule has 1 N–H and O–H groups in total. The predicted octanol–water partition coefficient (Wildman–Crippen LogP) is 3.86. The lowest BCUT2D eigenvalue weighted by Gasteiger charge is -2.32. The van der Waals surface area contributed by atoms with Gasteiger partial charge in [0, 0.05) is 0 Å². The van der Waals surface area contributed by atoms with Crippen molar-refractivity contribution in [1.82, 2.24) is 0 Å². The Balaban J connectivity index is 4.02. The summed E-state index contributed by atoms with van der Waals surface area (Å²) in [5.41, 5.74) is -0.478. The zero-order valence-electron chi connectivity index (χ0n) is 10.8. The highest BCUT2D eigenvalue weighted by atomic mass is 16.3. The quantitative estimate of drug-likeness (QED) is 0.690. The molecule has 0 aliphatic carbocycles. The first kappa shape index (κ1) is 14.0. The molecule has 2 unspecified atom stereocenters. The van der Waals surface area contributed by atoms with Crippen LogP contribution in [0.4, 0.5) is 0 Å². The molecular weight excluding hydrogens is 172 g/mol. The van der Waals surface area contributed by atoms with E-state index in [1.807, 2.05) is 6.92 Å². The molecule has 0 saturated heterocycles. The fourth-order valence-corrected chi connectivity index (χ4v) is 1.79. The molecule has 0 spiro atoms. The Morgan fingerprint density at radius 1 is 1.00 bits per heavy atom. The molecule has 0 heterocycles. The number of aliphatic hydroxyl groups is 1. The lowest BCUT2D eigenvalue weighted by atomic mass is 9.80. The predicted molar refractivity (Wildman–Crippen MR) is 63.3 cm³/mol. The number of rotatable bonds is 6. The molecule has 0 bridgehead atoms. The maximum absolute atomic E-state index is 10.3. The van der Waals surface area contributed by atoms with Gasteiger partial charge in [-0.15, -0.1) is 0 Å². The number of hydrogen-bond donors (Lipinski definition) is 1. The molecule has 14 heavy (non-hydrogen) atoms.